The summed E-state index contributed by atoms with van der Waals surface area (Å²) in [6.07, 6.45) is -0.0849. The first kappa shape index (κ1) is 66.8. The summed E-state index contributed by atoms with van der Waals surface area (Å²) in [4.78, 5) is 128. The Morgan fingerprint density at radius 2 is 1.14 bits per heavy atom. The van der Waals surface area contributed by atoms with E-state index in [1.807, 2.05) is 6.07 Å². The molecule has 4 aromatic rings. The van der Waals surface area contributed by atoms with E-state index in [9.17, 15) is 58.5 Å². The first-order valence-corrected chi connectivity index (χ1v) is 27.3. The lowest BCUT2D eigenvalue weighted by Gasteiger charge is -2.31. The van der Waals surface area contributed by atoms with Crippen molar-refractivity contribution in [2.75, 3.05) is 45.6 Å². The minimum atomic E-state index is -1.76. The van der Waals surface area contributed by atoms with Crippen LogP contribution in [0.15, 0.2) is 114 Å². The predicted octanol–water partition coefficient (Wildman–Crippen LogP) is -0.911. The Morgan fingerprint density at radius 1 is 0.627 bits per heavy atom. The molecule has 8 amide bonds. The number of carboxylic acid groups (broad SMARTS) is 1. The van der Waals surface area contributed by atoms with Crippen LogP contribution < -0.4 is 59.2 Å². The number of carbonyl (C=O) groups is 9. The number of nitrogens with zero attached hydrogens (tertiary/aromatic N) is 2. The molecule has 0 saturated heterocycles. The third-order valence-corrected chi connectivity index (χ3v) is 13.2. The zero-order valence-electron chi connectivity index (χ0n) is 46.5. The van der Waals surface area contributed by atoms with Crippen molar-refractivity contribution in [3.8, 4) is 11.5 Å². The molecule has 16 N–H and O–H groups in total. The van der Waals surface area contributed by atoms with E-state index in [2.05, 4.69) is 54.8 Å². The Morgan fingerprint density at radius 3 is 1.66 bits per heavy atom. The van der Waals surface area contributed by atoms with Crippen LogP contribution in [0, 0.1) is 5.92 Å². The number of aliphatic carboxylic acids is 1. The summed E-state index contributed by atoms with van der Waals surface area (Å²) >= 11 is 4.48. The summed E-state index contributed by atoms with van der Waals surface area (Å²) < 4.78 is 5.28. The highest BCUT2D eigenvalue weighted by molar-refractivity contribution is 7.80. The number of phenols is 1. The number of rotatable bonds is 34. The lowest BCUT2D eigenvalue weighted by molar-refractivity contribution is -0.142. The zero-order chi connectivity index (χ0) is 61.0. The van der Waals surface area contributed by atoms with E-state index >= 15 is 0 Å². The van der Waals surface area contributed by atoms with Gasteiger partial charge < -0.3 is 79.4 Å². The number of aromatic hydroxyl groups is 1. The number of benzene rings is 4. The predicted molar refractivity (Wildman–Crippen MR) is 311 cm³/mol. The van der Waals surface area contributed by atoms with Gasteiger partial charge in [-0.25, -0.2) is 4.79 Å². The standard InChI is InChI=1S/C57H76N12O13S/c1-34(2)25-45(56(80)81)68-54(78)43(27-36-13-8-5-9-14-36)66-52(76)42(15-10-24-61-57(59)60)65-53(77)44(28-37-16-20-39(71)21-17-37)67-55(79)46(32-70)64-49(73)31-69(47(33-83)38-18-22-40(82-3)23-19-38)50(74)30-62-48(72)29-63-51(75)41(58)26-35-11-6-4-7-12-35/h4-9,11-14,16-23,34,41-47,70-71,83H,10,15,24-33,58H2,1-3H3,(H,62,72)(H,63,75)(H,64,73)(H,65,77)(H,66,76)(H,67,79)(H,68,78)(H,80,81)(H4,59,60,61)/t41-,42-,43-,44-,45-,46-,47?/m0/s1. The molecule has 0 aliphatic rings. The van der Waals surface area contributed by atoms with Crippen LogP contribution in [0.4, 0.5) is 0 Å². The van der Waals surface area contributed by atoms with Crippen molar-refractivity contribution in [2.24, 2.45) is 28.1 Å². The monoisotopic (exact) mass is 1170 g/mol. The molecule has 83 heavy (non-hydrogen) atoms. The molecule has 0 aliphatic heterocycles. The number of aliphatic hydroxyl groups is 1. The van der Waals surface area contributed by atoms with Crippen LogP contribution in [0.2, 0.25) is 0 Å². The number of ether oxygens (including phenoxy) is 1. The van der Waals surface area contributed by atoms with Crippen molar-refractivity contribution >= 4 is 71.8 Å². The SMILES string of the molecule is COc1ccc(C(CS)N(CC(=O)N[C@@H](CO)C(=O)N[C@@H](Cc2ccc(O)cc2)C(=O)N[C@@H](CCCN=C(N)N)C(=O)N[C@@H](Cc2ccccc2)C(=O)N[C@@H](CC(C)C)C(=O)O)C(=O)CNC(=O)CNC(=O)[C@@H](N)Cc2ccccc2)cc1. The van der Waals surface area contributed by atoms with Crippen LogP contribution in [-0.4, -0.2) is 161 Å². The molecule has 0 fully saturated rings. The van der Waals surface area contributed by atoms with Crippen LogP contribution in [0.1, 0.15) is 61.4 Å². The van der Waals surface area contributed by atoms with Crippen molar-refractivity contribution in [1.82, 2.24) is 42.1 Å². The molecule has 0 heterocycles. The number of nitrogens with one attached hydrogen (secondary N) is 7. The fourth-order valence-electron chi connectivity index (χ4n) is 8.46. The van der Waals surface area contributed by atoms with E-state index in [0.29, 0.717) is 22.4 Å². The van der Waals surface area contributed by atoms with E-state index in [4.69, 9.17) is 21.9 Å². The van der Waals surface area contributed by atoms with Gasteiger partial charge in [-0.05, 0) is 78.1 Å². The Balaban J connectivity index is 1.57. The summed E-state index contributed by atoms with van der Waals surface area (Å²) in [6.45, 7) is 0.611. The van der Waals surface area contributed by atoms with Crippen LogP contribution in [-0.2, 0) is 62.4 Å². The summed E-state index contributed by atoms with van der Waals surface area (Å²) in [5, 5.41) is 48.2. The number of guanidine groups is 1. The maximum Gasteiger partial charge on any atom is 0.326 e. The Labute approximate surface area is 486 Å². The van der Waals surface area contributed by atoms with Crippen molar-refractivity contribution < 1.29 is 63.2 Å². The summed E-state index contributed by atoms with van der Waals surface area (Å²) in [7, 11) is 1.46. The van der Waals surface area contributed by atoms with Crippen molar-refractivity contribution in [1.29, 1.82) is 0 Å². The Bertz CT molecular complexity index is 2810. The Hall–Kier alpha value is -8.75. The van der Waals surface area contributed by atoms with Gasteiger partial charge in [0.05, 0.1) is 38.9 Å². The lowest BCUT2D eigenvalue weighted by Crippen LogP contribution is -2.60. The number of methoxy groups -OCH3 is 1. The molecule has 0 bridgehead atoms. The molecule has 0 radical (unpaired) electrons. The molecule has 1 unspecified atom stereocenters. The third-order valence-electron chi connectivity index (χ3n) is 12.8. The van der Waals surface area contributed by atoms with Gasteiger partial charge in [0.15, 0.2) is 5.96 Å². The van der Waals surface area contributed by atoms with E-state index in [0.717, 1.165) is 10.5 Å². The molecule has 0 spiro atoms. The van der Waals surface area contributed by atoms with Crippen LogP contribution in [0.3, 0.4) is 0 Å². The van der Waals surface area contributed by atoms with Gasteiger partial charge in [0.1, 0.15) is 48.3 Å². The average Bonchev–Trinajstić information content (AvgIpc) is 3.65. The molecular formula is C57H76N12O13S. The third kappa shape index (κ3) is 23.3. The second-order valence-electron chi connectivity index (χ2n) is 19.8. The fraction of sp³-hybridized carbons (Fsp3) is 0.404. The number of hydrogen-bond donors (Lipinski definition) is 14. The number of amides is 8. The number of thiol groups is 1. The Kier molecular flexibility index (Phi) is 27.8. The fourth-order valence-corrected chi connectivity index (χ4v) is 8.87. The highest BCUT2D eigenvalue weighted by Crippen LogP contribution is 2.25. The van der Waals surface area contributed by atoms with E-state index in [-0.39, 0.29) is 68.4 Å². The largest absolute Gasteiger partial charge is 0.508 e. The summed E-state index contributed by atoms with van der Waals surface area (Å²) in [5.41, 5.74) is 19.5. The second kappa shape index (κ2) is 34.5. The molecule has 0 saturated carbocycles. The summed E-state index contributed by atoms with van der Waals surface area (Å²) in [6, 6.07) is 20.4. The maximum atomic E-state index is 14.5. The van der Waals surface area contributed by atoms with E-state index in [1.54, 1.807) is 92.7 Å². The minimum absolute atomic E-state index is 0.00853. The maximum absolute atomic E-state index is 14.5. The van der Waals surface area contributed by atoms with Crippen molar-refractivity contribution in [3.63, 3.8) is 0 Å². The molecule has 25 nitrogen and oxygen atoms in total. The van der Waals surface area contributed by atoms with Crippen LogP contribution >= 0.6 is 12.6 Å². The number of phenolic OH excluding ortho intramolecular Hbond substituents is 1. The number of hydrogen-bond acceptors (Lipinski definition) is 15. The number of aliphatic imine (C=N–C) groups is 1. The van der Waals surface area contributed by atoms with Gasteiger partial charge in [-0.15, -0.1) is 0 Å². The molecule has 0 aromatic heterocycles. The van der Waals surface area contributed by atoms with Gasteiger partial charge in [-0.2, -0.15) is 12.6 Å². The van der Waals surface area contributed by atoms with Gasteiger partial charge in [-0.1, -0.05) is 98.8 Å². The van der Waals surface area contributed by atoms with Gasteiger partial charge in [0, 0.05) is 25.1 Å². The van der Waals surface area contributed by atoms with Crippen molar-refractivity contribution in [2.45, 2.75) is 94.7 Å². The van der Waals surface area contributed by atoms with Crippen LogP contribution in [0.25, 0.3) is 0 Å². The smallest absolute Gasteiger partial charge is 0.326 e. The topological polar surface area (TPSA) is 401 Å². The molecule has 26 heteroatoms. The van der Waals surface area contributed by atoms with Gasteiger partial charge in [0.2, 0.25) is 47.3 Å². The molecule has 0 aliphatic carbocycles. The lowest BCUT2D eigenvalue weighted by atomic mass is 10.0. The average molecular weight is 1170 g/mol. The second-order valence-corrected chi connectivity index (χ2v) is 20.2. The first-order valence-electron chi connectivity index (χ1n) is 26.7. The summed E-state index contributed by atoms with van der Waals surface area (Å²) in [5.74, 6) is -8.16. The molecule has 7 atom stereocenters. The molecular weight excluding hydrogens is 1090 g/mol. The molecule has 4 rings (SSSR count). The number of aliphatic hydroxyl groups excluding tert-OH is 1. The number of carbonyl (C=O) groups excluding carboxylic acids is 8. The normalized spacial score (nSPS) is 13.4. The quantitative estimate of drug-likeness (QED) is 0.0117. The first-order chi connectivity index (χ1) is 39.6. The number of carboxylic acids is 1. The van der Waals surface area contributed by atoms with Gasteiger partial charge in [-0.3, -0.25) is 43.3 Å². The molecule has 4 aromatic carbocycles. The van der Waals surface area contributed by atoms with Crippen molar-refractivity contribution in [3.05, 3.63) is 131 Å². The highest BCUT2D eigenvalue weighted by atomic mass is 32.1. The van der Waals surface area contributed by atoms with E-state index in [1.165, 1.54) is 31.4 Å². The van der Waals surface area contributed by atoms with E-state index < -0.39 is 122 Å². The van der Waals surface area contributed by atoms with Crippen LogP contribution in [0.5, 0.6) is 11.5 Å². The van der Waals surface area contributed by atoms with Gasteiger partial charge in [0.25, 0.3) is 0 Å². The minimum Gasteiger partial charge on any atom is -0.508 e. The number of nitrogens with two attached hydrogens (primary N) is 3. The zero-order valence-corrected chi connectivity index (χ0v) is 47.4. The highest BCUT2D eigenvalue weighted by Gasteiger charge is 2.34. The molecule has 448 valence electrons. The van der Waals surface area contributed by atoms with Gasteiger partial charge >= 0.3 is 5.97 Å².